The molecule has 1 amide bonds. The molecule has 144 valence electrons. The van der Waals surface area contributed by atoms with Gasteiger partial charge in [0.05, 0.1) is 23.4 Å². The summed E-state index contributed by atoms with van der Waals surface area (Å²) < 4.78 is 11.4. The molecule has 0 unspecified atom stereocenters. The highest BCUT2D eigenvalue weighted by atomic mass is 35.5. The van der Waals surface area contributed by atoms with E-state index < -0.39 is 24.5 Å². The first kappa shape index (κ1) is 19.4. The van der Waals surface area contributed by atoms with E-state index in [4.69, 9.17) is 21.1 Å². The second-order valence-electron chi connectivity index (χ2n) is 5.87. The van der Waals surface area contributed by atoms with Crippen LogP contribution >= 0.6 is 11.6 Å². The number of carbonyl (C=O) groups excluding carboxylic acids is 3. The number of esters is 2. The Balaban J connectivity index is 1.64. The molecule has 0 spiro atoms. The number of nitrogens with one attached hydrogen (secondary N) is 1. The number of halogens is 1. The maximum Gasteiger partial charge on any atom is 0.340 e. The van der Waals surface area contributed by atoms with E-state index in [1.807, 2.05) is 0 Å². The third kappa shape index (κ3) is 4.32. The van der Waals surface area contributed by atoms with Gasteiger partial charge in [-0.3, -0.25) is 9.59 Å². The Kier molecular flexibility index (Phi) is 5.96. The number of carbonyl (C=O) groups is 3. The number of hydrogen-bond donors (Lipinski definition) is 1. The van der Waals surface area contributed by atoms with E-state index in [-0.39, 0.29) is 6.54 Å². The molecule has 0 saturated heterocycles. The summed E-state index contributed by atoms with van der Waals surface area (Å²) in [6, 6.07) is 13.9. The van der Waals surface area contributed by atoms with Gasteiger partial charge >= 0.3 is 11.9 Å². The van der Waals surface area contributed by atoms with Crippen LogP contribution < -0.4 is 5.32 Å². The minimum absolute atomic E-state index is 0.156. The van der Waals surface area contributed by atoms with E-state index in [1.165, 1.54) is 13.3 Å². The van der Waals surface area contributed by atoms with Gasteiger partial charge in [0, 0.05) is 17.1 Å². The molecular formula is C20H17ClN2O5. The van der Waals surface area contributed by atoms with Crippen LogP contribution in [0.25, 0.3) is 10.9 Å². The van der Waals surface area contributed by atoms with Gasteiger partial charge in [0.2, 0.25) is 0 Å². The number of hydrogen-bond acceptors (Lipinski definition) is 5. The molecule has 3 rings (SSSR count). The first-order valence-electron chi connectivity index (χ1n) is 8.36. The Morgan fingerprint density at radius 1 is 1.07 bits per heavy atom. The van der Waals surface area contributed by atoms with Gasteiger partial charge in [0.25, 0.3) is 5.91 Å². The number of para-hydroxylation sites is 2. The van der Waals surface area contributed by atoms with Crippen LogP contribution in [0.3, 0.4) is 0 Å². The smallest absolute Gasteiger partial charge is 0.340 e. The van der Waals surface area contributed by atoms with Gasteiger partial charge < -0.3 is 19.4 Å². The molecule has 2 aromatic carbocycles. The minimum Gasteiger partial charge on any atom is -0.465 e. The van der Waals surface area contributed by atoms with Crippen molar-refractivity contribution in [3.63, 3.8) is 0 Å². The van der Waals surface area contributed by atoms with Crippen molar-refractivity contribution in [2.24, 2.45) is 0 Å². The van der Waals surface area contributed by atoms with E-state index in [2.05, 4.69) is 5.32 Å². The third-order valence-corrected chi connectivity index (χ3v) is 4.34. The Hall–Kier alpha value is -3.32. The van der Waals surface area contributed by atoms with Crippen molar-refractivity contribution < 1.29 is 23.9 Å². The molecule has 8 heteroatoms. The second-order valence-corrected chi connectivity index (χ2v) is 6.28. The predicted molar refractivity (Wildman–Crippen MR) is 104 cm³/mol. The molecule has 28 heavy (non-hydrogen) atoms. The lowest BCUT2D eigenvalue weighted by molar-refractivity contribution is -0.147. The van der Waals surface area contributed by atoms with E-state index in [9.17, 15) is 14.4 Å². The van der Waals surface area contributed by atoms with Gasteiger partial charge in [-0.15, -0.1) is 0 Å². The fraction of sp³-hybridized carbons (Fsp3) is 0.150. The van der Waals surface area contributed by atoms with Gasteiger partial charge in [-0.1, -0.05) is 41.9 Å². The number of methoxy groups -OCH3 is 1. The molecule has 0 aliphatic heterocycles. The van der Waals surface area contributed by atoms with E-state index in [0.29, 0.717) is 27.2 Å². The summed E-state index contributed by atoms with van der Waals surface area (Å²) in [4.78, 5) is 36.0. The minimum atomic E-state index is -0.619. The van der Waals surface area contributed by atoms with Crippen LogP contribution in [-0.2, 0) is 25.6 Å². The SMILES string of the molecule is COC(=O)c1cn(CC(=O)OCC(=O)Nc2ccccc2Cl)c2ccccc12. The van der Waals surface area contributed by atoms with Crippen LogP contribution in [0.4, 0.5) is 5.69 Å². The maximum absolute atomic E-state index is 12.2. The highest BCUT2D eigenvalue weighted by molar-refractivity contribution is 6.33. The molecule has 0 aliphatic rings. The number of amides is 1. The lowest BCUT2D eigenvalue weighted by atomic mass is 10.2. The molecule has 7 nitrogen and oxygen atoms in total. The molecular weight excluding hydrogens is 384 g/mol. The first-order chi connectivity index (χ1) is 13.5. The zero-order valence-corrected chi connectivity index (χ0v) is 15.7. The summed E-state index contributed by atoms with van der Waals surface area (Å²) >= 11 is 5.97. The first-order valence-corrected chi connectivity index (χ1v) is 8.73. The van der Waals surface area contributed by atoms with Crippen LogP contribution in [0, 0.1) is 0 Å². The summed E-state index contributed by atoms with van der Waals surface area (Å²) in [6.07, 6.45) is 1.53. The van der Waals surface area contributed by atoms with Crippen molar-refractivity contribution in [1.29, 1.82) is 0 Å². The molecule has 1 aromatic heterocycles. The predicted octanol–water partition coefficient (Wildman–Crippen LogP) is 3.26. The number of fused-ring (bicyclic) bond motifs is 1. The van der Waals surface area contributed by atoms with E-state index in [1.54, 1.807) is 53.1 Å². The molecule has 1 N–H and O–H groups in total. The fourth-order valence-electron chi connectivity index (χ4n) is 2.73. The number of rotatable bonds is 6. The Bertz CT molecular complexity index is 1040. The molecule has 1 heterocycles. The van der Waals surface area contributed by atoms with E-state index >= 15 is 0 Å². The average Bonchev–Trinajstić information content (AvgIpc) is 3.06. The van der Waals surface area contributed by atoms with Crippen molar-refractivity contribution in [3.05, 3.63) is 65.3 Å². The standard InChI is InChI=1S/C20H17ClN2O5/c1-27-20(26)14-10-23(17-9-5-2-6-13(14)17)11-19(25)28-12-18(24)22-16-8-4-3-7-15(16)21/h2-10H,11-12H2,1H3,(H,22,24). The summed E-state index contributed by atoms with van der Waals surface area (Å²) in [5, 5.41) is 3.62. The Morgan fingerprint density at radius 3 is 2.54 bits per heavy atom. The number of aromatic nitrogens is 1. The lowest BCUT2D eigenvalue weighted by Crippen LogP contribution is -2.23. The molecule has 3 aromatic rings. The third-order valence-electron chi connectivity index (χ3n) is 4.01. The number of benzene rings is 2. The van der Waals surface area contributed by atoms with Gasteiger partial charge in [0.1, 0.15) is 6.54 Å². The van der Waals surface area contributed by atoms with Crippen LogP contribution in [-0.4, -0.2) is 36.1 Å². The lowest BCUT2D eigenvalue weighted by Gasteiger charge is -2.08. The van der Waals surface area contributed by atoms with Crippen LogP contribution in [0.2, 0.25) is 5.02 Å². The number of nitrogens with zero attached hydrogens (tertiary/aromatic N) is 1. The largest absolute Gasteiger partial charge is 0.465 e. The molecule has 0 saturated carbocycles. The van der Waals surface area contributed by atoms with Crippen molar-refractivity contribution in [3.8, 4) is 0 Å². The maximum atomic E-state index is 12.2. The van der Waals surface area contributed by atoms with Crippen LogP contribution in [0.1, 0.15) is 10.4 Å². The summed E-state index contributed by atoms with van der Waals surface area (Å²) in [5.41, 5.74) is 1.46. The second kappa shape index (κ2) is 8.58. The highest BCUT2D eigenvalue weighted by Gasteiger charge is 2.17. The monoisotopic (exact) mass is 400 g/mol. The summed E-state index contributed by atoms with van der Waals surface area (Å²) in [7, 11) is 1.29. The van der Waals surface area contributed by atoms with Gasteiger partial charge in [0.15, 0.2) is 6.61 Å². The van der Waals surface area contributed by atoms with Gasteiger partial charge in [-0.2, -0.15) is 0 Å². The van der Waals surface area contributed by atoms with E-state index in [0.717, 1.165) is 0 Å². The van der Waals surface area contributed by atoms with Gasteiger partial charge in [-0.05, 0) is 18.2 Å². The zero-order valence-electron chi connectivity index (χ0n) is 15.0. The van der Waals surface area contributed by atoms with Crippen molar-refractivity contribution in [2.75, 3.05) is 19.0 Å². The average molecular weight is 401 g/mol. The highest BCUT2D eigenvalue weighted by Crippen LogP contribution is 2.22. The Labute approximate surface area is 165 Å². The van der Waals surface area contributed by atoms with Crippen molar-refractivity contribution in [2.45, 2.75) is 6.54 Å². The van der Waals surface area contributed by atoms with Crippen LogP contribution in [0.15, 0.2) is 54.7 Å². The normalized spacial score (nSPS) is 10.5. The summed E-state index contributed by atoms with van der Waals surface area (Å²) in [6.45, 7) is -0.607. The molecule has 0 aliphatic carbocycles. The van der Waals surface area contributed by atoms with Crippen molar-refractivity contribution in [1.82, 2.24) is 4.57 Å². The van der Waals surface area contributed by atoms with Gasteiger partial charge in [-0.25, -0.2) is 4.79 Å². The zero-order chi connectivity index (χ0) is 20.1. The van der Waals surface area contributed by atoms with Crippen LogP contribution in [0.5, 0.6) is 0 Å². The Morgan fingerprint density at radius 2 is 1.79 bits per heavy atom. The topological polar surface area (TPSA) is 86.6 Å². The quantitative estimate of drug-likeness (QED) is 0.642. The molecule has 0 radical (unpaired) electrons. The molecule has 0 fully saturated rings. The van der Waals surface area contributed by atoms with Crippen molar-refractivity contribution >= 4 is 46.0 Å². The molecule has 0 bridgehead atoms. The number of ether oxygens (including phenoxy) is 2. The number of anilines is 1. The fourth-order valence-corrected chi connectivity index (χ4v) is 2.91. The molecule has 0 atom stereocenters. The summed E-state index contributed by atoms with van der Waals surface area (Å²) in [5.74, 6) is -1.62.